The van der Waals surface area contributed by atoms with Crippen LogP contribution in [0.4, 0.5) is 4.79 Å². The number of rotatable bonds is 14. The molecule has 0 heterocycles. The number of carboxylic acids is 1. The molecule has 7 nitrogen and oxygen atoms in total. The Hall–Kier alpha value is -3.35. The first-order chi connectivity index (χ1) is 17.0. The van der Waals surface area contributed by atoms with Crippen molar-refractivity contribution in [3.63, 3.8) is 0 Å². The van der Waals surface area contributed by atoms with E-state index in [1.54, 1.807) is 0 Å². The highest BCUT2D eigenvalue weighted by Gasteiger charge is 2.29. The van der Waals surface area contributed by atoms with E-state index in [9.17, 15) is 14.4 Å². The predicted octanol–water partition coefficient (Wildman–Crippen LogP) is 5.09. The number of hydrogen-bond donors (Lipinski definition) is 3. The summed E-state index contributed by atoms with van der Waals surface area (Å²) < 4.78 is 5.58. The third-order valence-corrected chi connectivity index (χ3v) is 6.57. The molecule has 3 rings (SSSR count). The lowest BCUT2D eigenvalue weighted by molar-refractivity contribution is -0.137. The molecule has 0 fully saturated rings. The molecule has 1 aliphatic rings. The standard InChI is InChI=1S/C28H36N2O5/c1-2-20(17-26(31)29-16-10-4-3-5-15-27(32)33)18-30-28(34)35-19-25-23-13-8-6-11-21(23)22-12-7-9-14-24(22)25/h6-9,11-14,20,25H,2-5,10,15-19H2,1H3,(H,29,31)(H,30,34)(H,32,33). The average molecular weight is 481 g/mol. The van der Waals surface area contributed by atoms with Crippen molar-refractivity contribution in [1.82, 2.24) is 10.6 Å². The molecule has 35 heavy (non-hydrogen) atoms. The maximum absolute atomic E-state index is 12.4. The number of unbranched alkanes of at least 4 members (excludes halogenated alkanes) is 3. The quantitative estimate of drug-likeness (QED) is 0.327. The van der Waals surface area contributed by atoms with Crippen LogP contribution in [0, 0.1) is 5.92 Å². The van der Waals surface area contributed by atoms with Gasteiger partial charge < -0.3 is 20.5 Å². The lowest BCUT2D eigenvalue weighted by atomic mass is 9.98. The molecule has 0 spiro atoms. The molecule has 188 valence electrons. The number of alkyl carbamates (subject to hydrolysis) is 1. The first-order valence-corrected chi connectivity index (χ1v) is 12.6. The maximum Gasteiger partial charge on any atom is 0.407 e. The zero-order valence-electron chi connectivity index (χ0n) is 20.4. The van der Waals surface area contributed by atoms with Crippen molar-refractivity contribution in [3.05, 3.63) is 59.7 Å². The van der Waals surface area contributed by atoms with E-state index in [1.807, 2.05) is 31.2 Å². The van der Waals surface area contributed by atoms with Gasteiger partial charge in [-0.05, 0) is 41.0 Å². The van der Waals surface area contributed by atoms with Crippen LogP contribution < -0.4 is 10.6 Å². The van der Waals surface area contributed by atoms with Gasteiger partial charge in [0.25, 0.3) is 0 Å². The minimum Gasteiger partial charge on any atom is -0.481 e. The number of fused-ring (bicyclic) bond motifs is 3. The van der Waals surface area contributed by atoms with Crippen molar-refractivity contribution >= 4 is 18.0 Å². The van der Waals surface area contributed by atoms with E-state index in [1.165, 1.54) is 22.3 Å². The van der Waals surface area contributed by atoms with Gasteiger partial charge in [-0.15, -0.1) is 0 Å². The number of ether oxygens (including phenoxy) is 1. The zero-order valence-corrected chi connectivity index (χ0v) is 20.4. The highest BCUT2D eigenvalue weighted by molar-refractivity contribution is 5.79. The molecule has 3 N–H and O–H groups in total. The zero-order chi connectivity index (χ0) is 25.0. The fraction of sp³-hybridized carbons (Fsp3) is 0.464. The van der Waals surface area contributed by atoms with E-state index in [0.29, 0.717) is 25.9 Å². The van der Waals surface area contributed by atoms with Crippen LogP contribution in [0.5, 0.6) is 0 Å². The second-order valence-corrected chi connectivity index (χ2v) is 9.09. The summed E-state index contributed by atoms with van der Waals surface area (Å²) in [6.45, 7) is 3.24. The fourth-order valence-corrected chi connectivity index (χ4v) is 4.55. The number of carboxylic acid groups (broad SMARTS) is 1. The van der Waals surface area contributed by atoms with Gasteiger partial charge in [0.05, 0.1) is 0 Å². The topological polar surface area (TPSA) is 105 Å². The van der Waals surface area contributed by atoms with E-state index >= 15 is 0 Å². The molecule has 0 aliphatic heterocycles. The van der Waals surface area contributed by atoms with Gasteiger partial charge in [-0.3, -0.25) is 9.59 Å². The fourth-order valence-electron chi connectivity index (χ4n) is 4.55. The molecule has 0 saturated carbocycles. The van der Waals surface area contributed by atoms with Crippen molar-refractivity contribution in [2.45, 2.75) is 57.8 Å². The Bertz CT molecular complexity index is 961. The minimum absolute atomic E-state index is 0.0185. The van der Waals surface area contributed by atoms with Gasteiger partial charge in [-0.1, -0.05) is 74.7 Å². The molecule has 7 heteroatoms. The van der Waals surface area contributed by atoms with E-state index in [2.05, 4.69) is 34.9 Å². The van der Waals surface area contributed by atoms with Crippen LogP contribution >= 0.6 is 0 Å². The van der Waals surface area contributed by atoms with Crippen LogP contribution in [0.25, 0.3) is 11.1 Å². The van der Waals surface area contributed by atoms with Crippen LogP contribution in [-0.4, -0.2) is 42.8 Å². The van der Waals surface area contributed by atoms with Crippen molar-refractivity contribution in [3.8, 4) is 11.1 Å². The van der Waals surface area contributed by atoms with E-state index in [-0.39, 0.29) is 30.8 Å². The maximum atomic E-state index is 12.4. The molecule has 0 saturated heterocycles. The lowest BCUT2D eigenvalue weighted by Gasteiger charge is -2.17. The van der Waals surface area contributed by atoms with Gasteiger partial charge in [0, 0.05) is 31.8 Å². The van der Waals surface area contributed by atoms with Crippen molar-refractivity contribution < 1.29 is 24.2 Å². The van der Waals surface area contributed by atoms with Crippen LogP contribution in [0.3, 0.4) is 0 Å². The Kier molecular flexibility index (Phi) is 10.1. The van der Waals surface area contributed by atoms with E-state index in [0.717, 1.165) is 25.7 Å². The molecule has 2 aromatic rings. The van der Waals surface area contributed by atoms with Crippen LogP contribution in [-0.2, 0) is 14.3 Å². The SMILES string of the molecule is CCC(CNC(=O)OCC1c2ccccc2-c2ccccc21)CC(=O)NCCCCCCC(=O)O. The second-order valence-electron chi connectivity index (χ2n) is 9.09. The summed E-state index contributed by atoms with van der Waals surface area (Å²) in [5.41, 5.74) is 4.72. The molecule has 0 bridgehead atoms. The summed E-state index contributed by atoms with van der Waals surface area (Å²) in [5.74, 6) is -0.747. The van der Waals surface area contributed by atoms with Crippen LogP contribution in [0.1, 0.15) is 68.9 Å². The van der Waals surface area contributed by atoms with Gasteiger partial charge in [-0.25, -0.2) is 4.79 Å². The molecular formula is C28H36N2O5. The normalized spacial score (nSPS) is 12.9. The molecular weight excluding hydrogens is 444 g/mol. The second kappa shape index (κ2) is 13.5. The summed E-state index contributed by atoms with van der Waals surface area (Å²) in [6, 6.07) is 16.4. The molecule has 1 aliphatic carbocycles. The first-order valence-electron chi connectivity index (χ1n) is 12.6. The Morgan fingerprint density at radius 2 is 1.54 bits per heavy atom. The van der Waals surface area contributed by atoms with Crippen molar-refractivity contribution in [1.29, 1.82) is 0 Å². The van der Waals surface area contributed by atoms with E-state index < -0.39 is 12.1 Å². The Labute approximate surface area is 207 Å². The highest BCUT2D eigenvalue weighted by atomic mass is 16.5. The molecule has 2 amide bonds. The predicted molar refractivity (Wildman–Crippen MR) is 135 cm³/mol. The summed E-state index contributed by atoms with van der Waals surface area (Å²) in [6.07, 6.45) is 4.10. The number of carbonyl (C=O) groups excluding carboxylic acids is 2. The van der Waals surface area contributed by atoms with Crippen LogP contribution in [0.15, 0.2) is 48.5 Å². The number of carbonyl (C=O) groups is 3. The Morgan fingerprint density at radius 3 is 2.17 bits per heavy atom. The van der Waals surface area contributed by atoms with Gasteiger partial charge in [-0.2, -0.15) is 0 Å². The third kappa shape index (κ3) is 7.84. The molecule has 1 unspecified atom stereocenters. The Balaban J connectivity index is 1.36. The van der Waals surface area contributed by atoms with Crippen molar-refractivity contribution in [2.24, 2.45) is 5.92 Å². The number of aliphatic carboxylic acids is 1. The number of amides is 2. The van der Waals surface area contributed by atoms with E-state index in [4.69, 9.17) is 9.84 Å². The smallest absolute Gasteiger partial charge is 0.407 e. The third-order valence-electron chi connectivity index (χ3n) is 6.57. The van der Waals surface area contributed by atoms with Gasteiger partial charge in [0.15, 0.2) is 0 Å². The molecule has 0 radical (unpaired) electrons. The lowest BCUT2D eigenvalue weighted by Crippen LogP contribution is -2.34. The summed E-state index contributed by atoms with van der Waals surface area (Å²) in [4.78, 5) is 35.1. The van der Waals surface area contributed by atoms with Crippen LogP contribution in [0.2, 0.25) is 0 Å². The first kappa shape index (κ1) is 26.3. The summed E-state index contributed by atoms with van der Waals surface area (Å²) in [7, 11) is 0. The van der Waals surface area contributed by atoms with Gasteiger partial charge in [0.2, 0.25) is 5.91 Å². The monoisotopic (exact) mass is 480 g/mol. The number of nitrogens with one attached hydrogen (secondary N) is 2. The highest BCUT2D eigenvalue weighted by Crippen LogP contribution is 2.44. The minimum atomic E-state index is -0.768. The average Bonchev–Trinajstić information content (AvgIpc) is 3.18. The van der Waals surface area contributed by atoms with Crippen molar-refractivity contribution in [2.75, 3.05) is 19.7 Å². The summed E-state index contributed by atoms with van der Waals surface area (Å²) in [5, 5.41) is 14.4. The summed E-state index contributed by atoms with van der Waals surface area (Å²) >= 11 is 0. The number of benzene rings is 2. The Morgan fingerprint density at radius 1 is 0.914 bits per heavy atom. The molecule has 1 atom stereocenters. The largest absolute Gasteiger partial charge is 0.481 e. The molecule has 2 aromatic carbocycles. The van der Waals surface area contributed by atoms with Gasteiger partial charge >= 0.3 is 12.1 Å². The molecule has 0 aromatic heterocycles. The number of hydrogen-bond acceptors (Lipinski definition) is 4. The van der Waals surface area contributed by atoms with Gasteiger partial charge in [0.1, 0.15) is 6.61 Å².